The van der Waals surface area contributed by atoms with Crippen molar-refractivity contribution in [2.75, 3.05) is 12.8 Å². The molecule has 33 heavy (non-hydrogen) atoms. The number of nitrogens with two attached hydrogens (primary N) is 1. The lowest BCUT2D eigenvalue weighted by Crippen LogP contribution is -2.50. The highest BCUT2D eigenvalue weighted by molar-refractivity contribution is 7.98. The molecule has 2 atom stereocenters. The van der Waals surface area contributed by atoms with Gasteiger partial charge in [0.15, 0.2) is 0 Å². The molecular weight excluding hydrogens is 457 g/mol. The van der Waals surface area contributed by atoms with Crippen LogP contribution in [0.25, 0.3) is 32.6 Å². The first-order chi connectivity index (χ1) is 15.6. The summed E-state index contributed by atoms with van der Waals surface area (Å²) in [7, 11) is 0.850. The van der Waals surface area contributed by atoms with Gasteiger partial charge in [-0.3, -0.25) is 4.31 Å². The summed E-state index contributed by atoms with van der Waals surface area (Å²) < 4.78 is 32.9. The maximum absolute atomic E-state index is 15.7. The normalized spacial score (nSPS) is 23.2. The number of fused-ring (bicyclic) bond motifs is 1. The summed E-state index contributed by atoms with van der Waals surface area (Å²) in [6.07, 6.45) is 3.67. The largest absolute Gasteiger partial charge is 0.369 e. The van der Waals surface area contributed by atoms with Crippen molar-refractivity contribution >= 4 is 43.0 Å². The van der Waals surface area contributed by atoms with Gasteiger partial charge in [-0.05, 0) is 23.9 Å². The van der Waals surface area contributed by atoms with Gasteiger partial charge >= 0.3 is 0 Å². The number of nitrogens with zero attached hydrogens (tertiary/aromatic N) is 4. The van der Waals surface area contributed by atoms with Crippen LogP contribution in [0.5, 0.6) is 0 Å². The number of halogens is 1. The predicted octanol–water partition coefficient (Wildman–Crippen LogP) is 4.21. The Morgan fingerprint density at radius 3 is 2.52 bits per heavy atom. The van der Waals surface area contributed by atoms with Gasteiger partial charge in [-0.25, -0.2) is 18.6 Å². The van der Waals surface area contributed by atoms with Crippen molar-refractivity contribution in [3.8, 4) is 22.5 Å². The van der Waals surface area contributed by atoms with E-state index in [1.807, 2.05) is 54.2 Å². The smallest absolute Gasteiger partial charge is 0.203 e. The molecule has 170 valence electrons. The molecule has 2 aromatic carbocycles. The minimum absolute atomic E-state index is 0.0919. The van der Waals surface area contributed by atoms with Gasteiger partial charge in [0.2, 0.25) is 5.96 Å². The molecule has 5 rings (SSSR count). The molecular formula is C24H24FN5OS2. The van der Waals surface area contributed by atoms with E-state index in [-0.39, 0.29) is 17.5 Å². The molecule has 2 aromatic heterocycles. The monoisotopic (exact) mass is 481 g/mol. The van der Waals surface area contributed by atoms with Crippen molar-refractivity contribution in [1.82, 2.24) is 13.9 Å². The number of benzene rings is 2. The van der Waals surface area contributed by atoms with Crippen LogP contribution in [0.15, 0.2) is 59.9 Å². The molecule has 1 unspecified atom stereocenters. The number of thiophene rings is 1. The highest BCUT2D eigenvalue weighted by atomic mass is 32.2. The van der Waals surface area contributed by atoms with Crippen LogP contribution in [0.2, 0.25) is 0 Å². The molecule has 0 bridgehead atoms. The zero-order valence-electron chi connectivity index (χ0n) is 18.6. The Morgan fingerprint density at radius 2 is 1.88 bits per heavy atom. The number of hydrogen-bond acceptors (Lipinski definition) is 5. The summed E-state index contributed by atoms with van der Waals surface area (Å²) in [5, 5.41) is 0.519. The predicted molar refractivity (Wildman–Crippen MR) is 136 cm³/mol. The van der Waals surface area contributed by atoms with Gasteiger partial charge in [0.05, 0.1) is 20.3 Å². The van der Waals surface area contributed by atoms with Crippen molar-refractivity contribution < 1.29 is 8.60 Å². The fourth-order valence-corrected chi connectivity index (χ4v) is 7.34. The van der Waals surface area contributed by atoms with Gasteiger partial charge in [0.1, 0.15) is 17.2 Å². The zero-order chi connectivity index (χ0) is 23.5. The summed E-state index contributed by atoms with van der Waals surface area (Å²) in [4.78, 5) is 9.35. The van der Waals surface area contributed by atoms with Crippen LogP contribution in [0.3, 0.4) is 0 Å². The van der Waals surface area contributed by atoms with Crippen LogP contribution in [0, 0.1) is 5.82 Å². The molecule has 3 heterocycles. The van der Waals surface area contributed by atoms with Gasteiger partial charge in [-0.15, -0.1) is 11.3 Å². The third-order valence-electron chi connectivity index (χ3n) is 6.11. The Hall–Kier alpha value is -3.17. The van der Waals surface area contributed by atoms with E-state index in [1.54, 1.807) is 26.2 Å². The van der Waals surface area contributed by atoms with Crippen LogP contribution in [0.1, 0.15) is 11.8 Å². The SMILES string of the molecule is C=S1(=O)C[C@@](C)(c2sc3c(-c4ccc(-c5nccn5C)cc4)cccc3c2F)N=C(N)N1C. The first kappa shape index (κ1) is 21.7. The summed E-state index contributed by atoms with van der Waals surface area (Å²) in [6.45, 7) is 1.77. The van der Waals surface area contributed by atoms with Crippen molar-refractivity contribution in [2.24, 2.45) is 17.8 Å². The molecule has 6 nitrogen and oxygen atoms in total. The third kappa shape index (κ3) is 3.43. The highest BCUT2D eigenvalue weighted by Gasteiger charge is 2.40. The molecule has 1 aliphatic rings. The lowest BCUT2D eigenvalue weighted by atomic mass is 10.00. The van der Waals surface area contributed by atoms with Crippen molar-refractivity contribution in [1.29, 1.82) is 0 Å². The van der Waals surface area contributed by atoms with E-state index in [2.05, 4.69) is 15.8 Å². The van der Waals surface area contributed by atoms with Gasteiger partial charge in [-0.1, -0.05) is 42.5 Å². The molecule has 0 radical (unpaired) electrons. The van der Waals surface area contributed by atoms with E-state index < -0.39 is 15.2 Å². The van der Waals surface area contributed by atoms with E-state index in [1.165, 1.54) is 15.6 Å². The maximum Gasteiger partial charge on any atom is 0.203 e. The van der Waals surface area contributed by atoms with Crippen molar-refractivity contribution in [3.05, 3.63) is 65.6 Å². The van der Waals surface area contributed by atoms with E-state index in [0.717, 1.165) is 27.2 Å². The Kier molecular flexibility index (Phi) is 4.88. The summed E-state index contributed by atoms with van der Waals surface area (Å²) in [5.74, 6) is 4.56. The first-order valence-electron chi connectivity index (χ1n) is 10.3. The standard InChI is InChI=1S/C24H24FN5OS2/c1-24(14-33(4,31)30(3)23(26)28-24)21-19(25)18-7-5-6-17(20(18)32-21)15-8-10-16(11-9-15)22-27-12-13-29(22)2/h5-13H,4,14H2,1-3H3,(H2,26,28)/t24-,33?/m0/s1. The second-order valence-corrected chi connectivity index (χ2v) is 11.9. The fourth-order valence-electron chi connectivity index (χ4n) is 4.28. The van der Waals surface area contributed by atoms with E-state index >= 15 is 4.39 Å². The highest BCUT2D eigenvalue weighted by Crippen LogP contribution is 2.44. The zero-order valence-corrected chi connectivity index (χ0v) is 20.2. The molecule has 0 saturated heterocycles. The van der Waals surface area contributed by atoms with Gasteiger partial charge < -0.3 is 10.3 Å². The molecule has 9 heteroatoms. The molecule has 4 aromatic rings. The average Bonchev–Trinajstić information content (AvgIpc) is 3.35. The Labute approximate surface area is 196 Å². The number of aryl methyl sites for hydroxylation is 1. The summed E-state index contributed by atoms with van der Waals surface area (Å²) in [6, 6.07) is 13.7. The minimum atomic E-state index is -2.70. The topological polar surface area (TPSA) is 76.5 Å². The molecule has 0 amide bonds. The molecule has 0 aliphatic carbocycles. The van der Waals surface area contributed by atoms with Gasteiger partial charge in [0.25, 0.3) is 0 Å². The number of guanidine groups is 1. The molecule has 2 N–H and O–H groups in total. The summed E-state index contributed by atoms with van der Waals surface area (Å²) in [5.41, 5.74) is 7.89. The molecule has 0 saturated carbocycles. The molecule has 1 aliphatic heterocycles. The summed E-state index contributed by atoms with van der Waals surface area (Å²) >= 11 is 1.33. The Bertz CT molecular complexity index is 1520. The maximum atomic E-state index is 15.7. The van der Waals surface area contributed by atoms with Crippen LogP contribution in [0.4, 0.5) is 4.39 Å². The lowest BCUT2D eigenvalue weighted by Gasteiger charge is -2.36. The number of rotatable bonds is 3. The Balaban J connectivity index is 1.63. The number of hydrogen-bond donors (Lipinski definition) is 1. The van der Waals surface area contributed by atoms with Crippen LogP contribution in [-0.4, -0.2) is 42.7 Å². The van der Waals surface area contributed by atoms with Crippen LogP contribution in [-0.2, 0) is 22.3 Å². The van der Waals surface area contributed by atoms with Gasteiger partial charge in [-0.2, -0.15) is 0 Å². The first-order valence-corrected chi connectivity index (χ1v) is 13.0. The Morgan fingerprint density at radius 1 is 1.18 bits per heavy atom. The number of aromatic nitrogens is 2. The number of imidazole rings is 1. The van der Waals surface area contributed by atoms with Crippen molar-refractivity contribution in [2.45, 2.75) is 12.5 Å². The lowest BCUT2D eigenvalue weighted by molar-refractivity contribution is 0.495. The quantitative estimate of drug-likeness (QED) is 0.445. The third-order valence-corrected chi connectivity index (χ3v) is 9.77. The van der Waals surface area contributed by atoms with E-state index in [0.29, 0.717) is 10.3 Å². The fraction of sp³-hybridized carbons (Fsp3) is 0.208. The average molecular weight is 482 g/mol. The van der Waals surface area contributed by atoms with Crippen LogP contribution < -0.4 is 5.73 Å². The van der Waals surface area contributed by atoms with Crippen molar-refractivity contribution in [3.63, 3.8) is 0 Å². The number of aliphatic imine (C=N–C) groups is 1. The minimum Gasteiger partial charge on any atom is -0.369 e. The second-order valence-electron chi connectivity index (χ2n) is 8.52. The van der Waals surface area contributed by atoms with Crippen LogP contribution >= 0.6 is 11.3 Å². The second kappa shape index (κ2) is 7.43. The van der Waals surface area contributed by atoms with E-state index in [9.17, 15) is 4.21 Å². The van der Waals surface area contributed by atoms with Gasteiger partial charge in [0, 0.05) is 42.1 Å². The molecule has 0 fully saturated rings. The van der Waals surface area contributed by atoms with E-state index in [4.69, 9.17) is 5.73 Å². The molecule has 0 spiro atoms.